The molecule has 0 aromatic heterocycles. The summed E-state index contributed by atoms with van der Waals surface area (Å²) in [6.07, 6.45) is 4.70. The SMILES string of the molecule is CCCCC(CC)COC(=O)C(C)(C)C(C)C. The summed E-state index contributed by atoms with van der Waals surface area (Å²) < 4.78 is 5.48. The zero-order valence-electron chi connectivity index (χ0n) is 12.5. The van der Waals surface area contributed by atoms with Gasteiger partial charge in [-0.15, -0.1) is 0 Å². The standard InChI is InChI=1S/C15H30O2/c1-7-9-10-13(8-2)11-17-14(16)15(5,6)12(3)4/h12-13H,7-11H2,1-6H3. The van der Waals surface area contributed by atoms with Crippen LogP contribution < -0.4 is 0 Å². The molecule has 0 amide bonds. The van der Waals surface area contributed by atoms with Gasteiger partial charge >= 0.3 is 5.97 Å². The van der Waals surface area contributed by atoms with Crippen LogP contribution in [0.4, 0.5) is 0 Å². The van der Waals surface area contributed by atoms with Gasteiger partial charge in [0.15, 0.2) is 0 Å². The summed E-state index contributed by atoms with van der Waals surface area (Å²) in [5.74, 6) is 0.787. The number of esters is 1. The molecule has 102 valence electrons. The summed E-state index contributed by atoms with van der Waals surface area (Å²) >= 11 is 0. The molecule has 0 fully saturated rings. The third-order valence-electron chi connectivity index (χ3n) is 3.96. The van der Waals surface area contributed by atoms with Gasteiger partial charge in [0.05, 0.1) is 12.0 Å². The number of ether oxygens (including phenoxy) is 1. The normalized spacial score (nSPS) is 13.8. The van der Waals surface area contributed by atoms with Gasteiger partial charge in [0.1, 0.15) is 0 Å². The molecular weight excluding hydrogens is 212 g/mol. The van der Waals surface area contributed by atoms with Crippen LogP contribution >= 0.6 is 0 Å². The molecule has 0 aromatic carbocycles. The van der Waals surface area contributed by atoms with E-state index in [9.17, 15) is 4.79 Å². The minimum absolute atomic E-state index is 0.0533. The summed E-state index contributed by atoms with van der Waals surface area (Å²) in [7, 11) is 0. The fourth-order valence-electron chi connectivity index (χ4n) is 1.51. The molecule has 0 N–H and O–H groups in total. The monoisotopic (exact) mass is 242 g/mol. The van der Waals surface area contributed by atoms with Gasteiger partial charge in [0.2, 0.25) is 0 Å². The van der Waals surface area contributed by atoms with Crippen molar-refractivity contribution >= 4 is 5.97 Å². The van der Waals surface area contributed by atoms with Crippen LogP contribution in [-0.4, -0.2) is 12.6 Å². The largest absolute Gasteiger partial charge is 0.465 e. The fraction of sp³-hybridized carbons (Fsp3) is 0.933. The van der Waals surface area contributed by atoms with Crippen molar-refractivity contribution in [3.63, 3.8) is 0 Å². The molecule has 0 heterocycles. The van der Waals surface area contributed by atoms with Crippen molar-refractivity contribution in [1.82, 2.24) is 0 Å². The van der Waals surface area contributed by atoms with Crippen molar-refractivity contribution in [1.29, 1.82) is 0 Å². The van der Waals surface area contributed by atoms with Crippen LogP contribution in [0.5, 0.6) is 0 Å². The molecule has 0 spiro atoms. The van der Waals surface area contributed by atoms with Gasteiger partial charge in [-0.1, -0.05) is 47.0 Å². The quantitative estimate of drug-likeness (QED) is 0.589. The Morgan fingerprint density at radius 1 is 1.24 bits per heavy atom. The average Bonchev–Trinajstić information content (AvgIpc) is 2.28. The Bertz CT molecular complexity index is 219. The maximum atomic E-state index is 12.0. The average molecular weight is 242 g/mol. The first-order valence-electron chi connectivity index (χ1n) is 7.03. The highest BCUT2D eigenvalue weighted by Gasteiger charge is 2.33. The maximum absolute atomic E-state index is 12.0. The molecule has 0 aliphatic heterocycles. The van der Waals surface area contributed by atoms with Crippen LogP contribution in [0.2, 0.25) is 0 Å². The highest BCUT2D eigenvalue weighted by Crippen LogP contribution is 2.28. The van der Waals surface area contributed by atoms with Crippen LogP contribution in [0.25, 0.3) is 0 Å². The van der Waals surface area contributed by atoms with Crippen molar-refractivity contribution in [2.45, 2.75) is 67.2 Å². The van der Waals surface area contributed by atoms with Gasteiger partial charge in [-0.05, 0) is 32.1 Å². The summed E-state index contributed by atoms with van der Waals surface area (Å²) in [5.41, 5.74) is -0.372. The maximum Gasteiger partial charge on any atom is 0.311 e. The Kier molecular flexibility index (Phi) is 7.49. The van der Waals surface area contributed by atoms with E-state index in [0.29, 0.717) is 18.4 Å². The van der Waals surface area contributed by atoms with Crippen molar-refractivity contribution in [3.8, 4) is 0 Å². The molecular formula is C15H30O2. The highest BCUT2D eigenvalue weighted by atomic mass is 16.5. The number of hydrogen-bond acceptors (Lipinski definition) is 2. The predicted molar refractivity (Wildman–Crippen MR) is 72.9 cm³/mol. The Morgan fingerprint density at radius 3 is 2.24 bits per heavy atom. The molecule has 0 aliphatic carbocycles. The van der Waals surface area contributed by atoms with Crippen LogP contribution in [0, 0.1) is 17.3 Å². The summed E-state index contributed by atoms with van der Waals surface area (Å²) in [4.78, 5) is 12.0. The topological polar surface area (TPSA) is 26.3 Å². The van der Waals surface area contributed by atoms with Gasteiger partial charge in [-0.25, -0.2) is 0 Å². The molecule has 1 unspecified atom stereocenters. The zero-order valence-corrected chi connectivity index (χ0v) is 12.5. The van der Waals surface area contributed by atoms with E-state index < -0.39 is 0 Å². The lowest BCUT2D eigenvalue weighted by Gasteiger charge is -2.27. The fourth-order valence-corrected chi connectivity index (χ4v) is 1.51. The third-order valence-corrected chi connectivity index (χ3v) is 3.96. The Balaban J connectivity index is 4.13. The predicted octanol–water partition coefficient (Wildman–Crippen LogP) is 4.43. The molecule has 0 rings (SSSR count). The molecule has 2 heteroatoms. The van der Waals surface area contributed by atoms with E-state index in [1.807, 2.05) is 13.8 Å². The second kappa shape index (κ2) is 7.73. The summed E-state index contributed by atoms with van der Waals surface area (Å²) in [6, 6.07) is 0. The van der Waals surface area contributed by atoms with Gasteiger partial charge < -0.3 is 4.74 Å². The van der Waals surface area contributed by atoms with E-state index in [1.165, 1.54) is 19.3 Å². The van der Waals surface area contributed by atoms with Crippen molar-refractivity contribution in [2.75, 3.05) is 6.61 Å². The van der Waals surface area contributed by atoms with E-state index in [-0.39, 0.29) is 11.4 Å². The van der Waals surface area contributed by atoms with Crippen molar-refractivity contribution in [2.24, 2.45) is 17.3 Å². The van der Waals surface area contributed by atoms with Crippen LogP contribution in [0.1, 0.15) is 67.2 Å². The Labute approximate surface area is 107 Å². The number of rotatable bonds is 8. The molecule has 0 aliphatic rings. The van der Waals surface area contributed by atoms with Gasteiger partial charge in [-0.2, -0.15) is 0 Å². The van der Waals surface area contributed by atoms with Crippen molar-refractivity contribution in [3.05, 3.63) is 0 Å². The zero-order chi connectivity index (χ0) is 13.5. The Morgan fingerprint density at radius 2 is 1.82 bits per heavy atom. The number of carbonyl (C=O) groups excluding carboxylic acids is 1. The van der Waals surface area contributed by atoms with E-state index in [1.54, 1.807) is 0 Å². The minimum atomic E-state index is -0.372. The molecule has 0 bridgehead atoms. The van der Waals surface area contributed by atoms with Crippen LogP contribution in [0.3, 0.4) is 0 Å². The first kappa shape index (κ1) is 16.5. The molecule has 17 heavy (non-hydrogen) atoms. The van der Waals surface area contributed by atoms with Crippen LogP contribution in [-0.2, 0) is 9.53 Å². The van der Waals surface area contributed by atoms with E-state index in [2.05, 4.69) is 27.7 Å². The first-order chi connectivity index (χ1) is 7.86. The number of hydrogen-bond donors (Lipinski definition) is 0. The van der Waals surface area contributed by atoms with Gasteiger partial charge in [0, 0.05) is 0 Å². The lowest BCUT2D eigenvalue weighted by molar-refractivity contribution is -0.158. The second-order valence-electron chi connectivity index (χ2n) is 5.89. The molecule has 0 radical (unpaired) electrons. The van der Waals surface area contributed by atoms with Gasteiger partial charge in [0.25, 0.3) is 0 Å². The Hall–Kier alpha value is -0.530. The van der Waals surface area contributed by atoms with Gasteiger partial charge in [-0.3, -0.25) is 4.79 Å². The summed E-state index contributed by atoms with van der Waals surface area (Å²) in [6.45, 7) is 13.0. The van der Waals surface area contributed by atoms with E-state index >= 15 is 0 Å². The molecule has 0 saturated carbocycles. The van der Waals surface area contributed by atoms with E-state index in [0.717, 1.165) is 6.42 Å². The lowest BCUT2D eigenvalue weighted by atomic mass is 9.81. The number of unbranched alkanes of at least 4 members (excludes halogenated alkanes) is 1. The molecule has 0 aromatic rings. The molecule has 2 nitrogen and oxygen atoms in total. The first-order valence-corrected chi connectivity index (χ1v) is 7.03. The summed E-state index contributed by atoms with van der Waals surface area (Å²) in [5, 5.41) is 0. The van der Waals surface area contributed by atoms with E-state index in [4.69, 9.17) is 4.74 Å². The number of carbonyl (C=O) groups is 1. The van der Waals surface area contributed by atoms with Crippen LogP contribution in [0.15, 0.2) is 0 Å². The second-order valence-corrected chi connectivity index (χ2v) is 5.89. The highest BCUT2D eigenvalue weighted by molar-refractivity contribution is 5.76. The lowest BCUT2D eigenvalue weighted by Crippen LogP contribution is -2.33. The van der Waals surface area contributed by atoms with Crippen molar-refractivity contribution < 1.29 is 9.53 Å². The smallest absolute Gasteiger partial charge is 0.311 e. The molecule has 1 atom stereocenters. The minimum Gasteiger partial charge on any atom is -0.465 e. The third kappa shape index (κ3) is 5.56. The molecule has 0 saturated heterocycles.